The zero-order valence-corrected chi connectivity index (χ0v) is 9.77. The molecule has 0 radical (unpaired) electrons. The number of nitrogens with zero attached hydrogens (tertiary/aromatic N) is 2. The predicted molar refractivity (Wildman–Crippen MR) is 60.2 cm³/mol. The minimum atomic E-state index is -0.317. The van der Waals surface area contributed by atoms with Gasteiger partial charge in [0.2, 0.25) is 5.88 Å². The van der Waals surface area contributed by atoms with Crippen LogP contribution >= 0.6 is 0 Å². The van der Waals surface area contributed by atoms with Gasteiger partial charge in [-0.25, -0.2) is 9.37 Å². The van der Waals surface area contributed by atoms with E-state index in [9.17, 15) is 4.39 Å². The molecular weight excluding hydrogens is 219 g/mol. The molecule has 2 aliphatic carbocycles. The second-order valence-electron chi connectivity index (χ2n) is 5.69. The molecule has 1 aliphatic heterocycles. The fraction of sp³-hybridized carbons (Fsp3) is 0.615. The number of likely N-dealkylation sites (tertiary alicyclic amines) is 1. The van der Waals surface area contributed by atoms with Gasteiger partial charge in [0.25, 0.3) is 0 Å². The predicted octanol–water partition coefficient (Wildman–Crippen LogP) is 1.69. The van der Waals surface area contributed by atoms with Gasteiger partial charge in [-0.3, -0.25) is 4.90 Å². The van der Waals surface area contributed by atoms with Crippen LogP contribution in [-0.2, 0) is 0 Å². The first-order valence-corrected chi connectivity index (χ1v) is 6.17. The van der Waals surface area contributed by atoms with Crippen LogP contribution < -0.4 is 4.74 Å². The lowest BCUT2D eigenvalue weighted by molar-refractivity contribution is -0.0341. The Morgan fingerprint density at radius 3 is 3.06 bits per heavy atom. The van der Waals surface area contributed by atoms with Gasteiger partial charge in [0.15, 0.2) is 0 Å². The van der Waals surface area contributed by atoms with E-state index in [4.69, 9.17) is 4.74 Å². The van der Waals surface area contributed by atoms with Crippen LogP contribution in [0.4, 0.5) is 4.39 Å². The van der Waals surface area contributed by atoms with Crippen molar-refractivity contribution in [2.45, 2.75) is 25.0 Å². The number of halogens is 1. The maximum absolute atomic E-state index is 12.7. The standard InChI is InChI=1S/C13H15FN2O/c1-16-7-8-4-13(8)5-10(12(13)16)17-11-3-2-9(14)6-15-11/h2-3,6,8,10,12H,4-5,7H2,1H3. The second-order valence-corrected chi connectivity index (χ2v) is 5.69. The lowest BCUT2D eigenvalue weighted by Gasteiger charge is -2.46. The van der Waals surface area contributed by atoms with Gasteiger partial charge in [-0.1, -0.05) is 0 Å². The van der Waals surface area contributed by atoms with Gasteiger partial charge < -0.3 is 4.74 Å². The summed E-state index contributed by atoms with van der Waals surface area (Å²) >= 11 is 0. The number of hydrogen-bond acceptors (Lipinski definition) is 3. The molecule has 1 spiro atoms. The summed E-state index contributed by atoms with van der Waals surface area (Å²) in [4.78, 5) is 6.37. The van der Waals surface area contributed by atoms with E-state index in [-0.39, 0.29) is 11.9 Å². The molecule has 90 valence electrons. The molecule has 2 heterocycles. The molecule has 1 saturated heterocycles. The van der Waals surface area contributed by atoms with Gasteiger partial charge in [0.05, 0.1) is 12.2 Å². The molecule has 3 fully saturated rings. The van der Waals surface area contributed by atoms with E-state index in [1.807, 2.05) is 0 Å². The molecule has 4 heteroatoms. The number of hydrogen-bond donors (Lipinski definition) is 0. The molecule has 4 rings (SSSR count). The van der Waals surface area contributed by atoms with E-state index in [1.54, 1.807) is 6.07 Å². The average Bonchev–Trinajstić information content (AvgIpc) is 2.91. The number of ether oxygens (including phenoxy) is 1. The Morgan fingerprint density at radius 2 is 2.35 bits per heavy atom. The largest absolute Gasteiger partial charge is 0.473 e. The Morgan fingerprint density at radius 1 is 1.47 bits per heavy atom. The molecular formula is C13H15FN2O. The van der Waals surface area contributed by atoms with Gasteiger partial charge in [-0.15, -0.1) is 0 Å². The van der Waals surface area contributed by atoms with Crippen molar-refractivity contribution in [3.8, 4) is 5.88 Å². The van der Waals surface area contributed by atoms with Crippen molar-refractivity contribution >= 4 is 0 Å². The Kier molecular flexibility index (Phi) is 1.73. The van der Waals surface area contributed by atoms with Crippen molar-refractivity contribution in [2.75, 3.05) is 13.6 Å². The maximum Gasteiger partial charge on any atom is 0.213 e. The summed E-state index contributed by atoms with van der Waals surface area (Å²) in [6, 6.07) is 3.56. The summed E-state index contributed by atoms with van der Waals surface area (Å²) in [5.41, 5.74) is 0.569. The van der Waals surface area contributed by atoms with Crippen LogP contribution in [0, 0.1) is 17.2 Å². The van der Waals surface area contributed by atoms with Crippen LogP contribution in [0.2, 0.25) is 0 Å². The van der Waals surface area contributed by atoms with Crippen LogP contribution in [0.15, 0.2) is 18.3 Å². The molecule has 0 aromatic carbocycles. The third-order valence-electron chi connectivity index (χ3n) is 4.76. The minimum absolute atomic E-state index is 0.241. The third kappa shape index (κ3) is 1.22. The molecule has 0 bridgehead atoms. The van der Waals surface area contributed by atoms with E-state index in [0.29, 0.717) is 17.3 Å². The number of pyridine rings is 1. The molecule has 2 saturated carbocycles. The Hall–Kier alpha value is -1.16. The van der Waals surface area contributed by atoms with E-state index in [2.05, 4.69) is 16.9 Å². The van der Waals surface area contributed by atoms with E-state index >= 15 is 0 Å². The lowest BCUT2D eigenvalue weighted by atomic mass is 9.73. The lowest BCUT2D eigenvalue weighted by Crippen LogP contribution is -2.56. The molecule has 1 aromatic heterocycles. The Bertz CT molecular complexity index is 463. The number of piperidine rings is 1. The smallest absolute Gasteiger partial charge is 0.213 e. The third-order valence-corrected chi connectivity index (χ3v) is 4.76. The van der Waals surface area contributed by atoms with Gasteiger partial charge in [0, 0.05) is 12.6 Å². The fourth-order valence-corrected chi connectivity index (χ4v) is 3.95. The summed E-state index contributed by atoms with van der Waals surface area (Å²) < 4.78 is 18.6. The van der Waals surface area contributed by atoms with Gasteiger partial charge in [0.1, 0.15) is 11.9 Å². The quantitative estimate of drug-likeness (QED) is 0.778. The molecule has 3 nitrogen and oxygen atoms in total. The summed E-state index contributed by atoms with van der Waals surface area (Å²) in [6.07, 6.45) is 3.97. The summed E-state index contributed by atoms with van der Waals surface area (Å²) in [5.74, 6) is 1.13. The number of aromatic nitrogens is 1. The van der Waals surface area contributed by atoms with Crippen molar-refractivity contribution in [2.24, 2.45) is 11.3 Å². The first-order chi connectivity index (χ1) is 8.19. The van der Waals surface area contributed by atoms with Crippen molar-refractivity contribution < 1.29 is 9.13 Å². The molecule has 17 heavy (non-hydrogen) atoms. The first-order valence-electron chi connectivity index (χ1n) is 6.17. The first kappa shape index (κ1) is 9.83. The topological polar surface area (TPSA) is 25.4 Å². The van der Waals surface area contributed by atoms with E-state index < -0.39 is 0 Å². The van der Waals surface area contributed by atoms with E-state index in [0.717, 1.165) is 12.3 Å². The second kappa shape index (κ2) is 2.99. The molecule has 4 atom stereocenters. The maximum atomic E-state index is 12.7. The van der Waals surface area contributed by atoms with Crippen molar-refractivity contribution in [1.82, 2.24) is 9.88 Å². The monoisotopic (exact) mass is 234 g/mol. The number of likely N-dealkylation sites (N-methyl/N-ethyl adjacent to an activating group) is 1. The van der Waals surface area contributed by atoms with Crippen molar-refractivity contribution in [3.05, 3.63) is 24.1 Å². The van der Waals surface area contributed by atoms with Crippen LogP contribution in [0.25, 0.3) is 0 Å². The molecule has 0 amide bonds. The minimum Gasteiger partial charge on any atom is -0.473 e. The van der Waals surface area contributed by atoms with Crippen LogP contribution in [0.1, 0.15) is 12.8 Å². The van der Waals surface area contributed by atoms with Crippen LogP contribution in [0.5, 0.6) is 5.88 Å². The summed E-state index contributed by atoms with van der Waals surface area (Å²) in [5, 5.41) is 0. The summed E-state index contributed by atoms with van der Waals surface area (Å²) in [7, 11) is 2.17. The molecule has 3 aliphatic rings. The Labute approximate surface area is 99.6 Å². The zero-order valence-electron chi connectivity index (χ0n) is 9.77. The highest BCUT2D eigenvalue weighted by Gasteiger charge is 2.74. The normalized spacial score (nSPS) is 42.6. The average molecular weight is 234 g/mol. The highest BCUT2D eigenvalue weighted by atomic mass is 19.1. The summed E-state index contributed by atoms with van der Waals surface area (Å²) in [6.45, 7) is 1.21. The Balaban J connectivity index is 1.49. The SMILES string of the molecule is CN1CC2CC23CC(Oc2ccc(F)cn2)C13. The van der Waals surface area contributed by atoms with Crippen molar-refractivity contribution in [1.29, 1.82) is 0 Å². The van der Waals surface area contributed by atoms with Crippen LogP contribution in [0.3, 0.4) is 0 Å². The molecule has 0 N–H and O–H groups in total. The fourth-order valence-electron chi connectivity index (χ4n) is 3.95. The zero-order chi connectivity index (χ0) is 11.6. The van der Waals surface area contributed by atoms with Gasteiger partial charge >= 0.3 is 0 Å². The highest BCUT2D eigenvalue weighted by Crippen LogP contribution is 2.71. The number of rotatable bonds is 2. The van der Waals surface area contributed by atoms with Crippen LogP contribution in [-0.4, -0.2) is 35.6 Å². The van der Waals surface area contributed by atoms with E-state index in [1.165, 1.54) is 25.2 Å². The highest BCUT2D eigenvalue weighted by molar-refractivity contribution is 5.27. The van der Waals surface area contributed by atoms with Crippen molar-refractivity contribution in [3.63, 3.8) is 0 Å². The van der Waals surface area contributed by atoms with Gasteiger partial charge in [-0.05, 0) is 37.3 Å². The molecule has 1 aromatic rings. The molecule has 4 unspecified atom stereocenters. The van der Waals surface area contributed by atoms with Gasteiger partial charge in [-0.2, -0.15) is 0 Å².